The quantitative estimate of drug-likeness (QED) is 0.828. The second-order valence-corrected chi connectivity index (χ2v) is 5.95. The van der Waals surface area contributed by atoms with Crippen molar-refractivity contribution in [3.05, 3.63) is 44.7 Å². The van der Waals surface area contributed by atoms with Gasteiger partial charge in [0.1, 0.15) is 0 Å². The Labute approximate surface area is 123 Å². The molecule has 1 aliphatic rings. The van der Waals surface area contributed by atoms with E-state index in [1.54, 1.807) is 11.0 Å². The number of pyridine rings is 1. The van der Waals surface area contributed by atoms with Gasteiger partial charge in [-0.15, -0.1) is 0 Å². The lowest BCUT2D eigenvalue weighted by Gasteiger charge is -2.17. The number of H-pyrrole nitrogens is 1. The van der Waals surface area contributed by atoms with Crippen LogP contribution in [0.4, 0.5) is 0 Å². The van der Waals surface area contributed by atoms with Crippen molar-refractivity contribution < 1.29 is 4.79 Å². The predicted octanol–water partition coefficient (Wildman–Crippen LogP) is 1.46. The molecule has 1 atom stereocenters. The second kappa shape index (κ2) is 5.03. The third-order valence-corrected chi connectivity index (χ3v) is 4.04. The summed E-state index contributed by atoms with van der Waals surface area (Å²) in [6.45, 7) is 1.18. The van der Waals surface area contributed by atoms with Gasteiger partial charge in [0.05, 0.1) is 5.56 Å². The van der Waals surface area contributed by atoms with Crippen molar-refractivity contribution in [2.45, 2.75) is 12.5 Å². The van der Waals surface area contributed by atoms with Gasteiger partial charge in [0.25, 0.3) is 5.91 Å². The SMILES string of the molecule is N[C@@H]1CCN(C(=O)c2cc(=O)[nH]c3ccc(Br)cc23)C1. The molecule has 0 radical (unpaired) electrons. The van der Waals surface area contributed by atoms with Crippen molar-refractivity contribution in [3.8, 4) is 0 Å². The first-order valence-electron chi connectivity index (χ1n) is 6.42. The summed E-state index contributed by atoms with van der Waals surface area (Å²) in [5.74, 6) is -0.132. The van der Waals surface area contributed by atoms with Gasteiger partial charge >= 0.3 is 0 Å². The van der Waals surface area contributed by atoms with Gasteiger partial charge in [-0.2, -0.15) is 0 Å². The lowest BCUT2D eigenvalue weighted by Crippen LogP contribution is -2.32. The highest BCUT2D eigenvalue weighted by Crippen LogP contribution is 2.22. The molecule has 1 amide bonds. The zero-order valence-corrected chi connectivity index (χ0v) is 12.3. The van der Waals surface area contributed by atoms with E-state index in [1.807, 2.05) is 12.1 Å². The van der Waals surface area contributed by atoms with Gasteiger partial charge in [0, 0.05) is 40.6 Å². The first kappa shape index (κ1) is 13.3. The Morgan fingerprint density at radius 1 is 1.40 bits per heavy atom. The van der Waals surface area contributed by atoms with Crippen molar-refractivity contribution in [1.82, 2.24) is 9.88 Å². The summed E-state index contributed by atoms with van der Waals surface area (Å²) in [5, 5.41) is 0.740. The molecule has 0 unspecified atom stereocenters. The number of aromatic nitrogens is 1. The molecule has 0 bridgehead atoms. The van der Waals surface area contributed by atoms with Gasteiger partial charge in [-0.3, -0.25) is 9.59 Å². The smallest absolute Gasteiger partial charge is 0.254 e. The summed E-state index contributed by atoms with van der Waals surface area (Å²) in [5.41, 5.74) is 6.66. The molecule has 20 heavy (non-hydrogen) atoms. The van der Waals surface area contributed by atoms with Crippen LogP contribution in [0, 0.1) is 0 Å². The molecule has 1 fully saturated rings. The van der Waals surface area contributed by atoms with E-state index in [-0.39, 0.29) is 17.5 Å². The molecule has 0 aliphatic carbocycles. The maximum atomic E-state index is 12.6. The summed E-state index contributed by atoms with van der Waals surface area (Å²) in [4.78, 5) is 28.7. The molecule has 1 aromatic carbocycles. The molecular weight excluding hydrogens is 322 g/mol. The first-order chi connectivity index (χ1) is 9.54. The number of nitrogens with one attached hydrogen (secondary N) is 1. The number of benzene rings is 1. The number of nitrogens with two attached hydrogens (primary N) is 1. The van der Waals surface area contributed by atoms with Crippen molar-refractivity contribution in [3.63, 3.8) is 0 Å². The fourth-order valence-electron chi connectivity index (χ4n) is 2.55. The number of rotatable bonds is 1. The average molecular weight is 336 g/mol. The Hall–Kier alpha value is -1.66. The zero-order chi connectivity index (χ0) is 14.3. The van der Waals surface area contributed by atoms with Crippen LogP contribution in [0.1, 0.15) is 16.8 Å². The highest BCUT2D eigenvalue weighted by Gasteiger charge is 2.26. The fraction of sp³-hybridized carbons (Fsp3) is 0.286. The van der Waals surface area contributed by atoms with E-state index in [0.29, 0.717) is 24.2 Å². The number of hydrogen-bond acceptors (Lipinski definition) is 3. The molecule has 1 aromatic heterocycles. The number of fused-ring (bicyclic) bond motifs is 1. The lowest BCUT2D eigenvalue weighted by molar-refractivity contribution is 0.0792. The summed E-state index contributed by atoms with van der Waals surface area (Å²) in [7, 11) is 0. The number of halogens is 1. The molecule has 2 aromatic rings. The maximum absolute atomic E-state index is 12.6. The minimum Gasteiger partial charge on any atom is -0.337 e. The molecule has 3 rings (SSSR count). The summed E-state index contributed by atoms with van der Waals surface area (Å²) >= 11 is 3.39. The van der Waals surface area contributed by atoms with E-state index in [2.05, 4.69) is 20.9 Å². The Morgan fingerprint density at radius 2 is 2.20 bits per heavy atom. The summed E-state index contributed by atoms with van der Waals surface area (Å²) in [6, 6.07) is 6.85. The monoisotopic (exact) mass is 335 g/mol. The number of hydrogen-bond donors (Lipinski definition) is 2. The molecule has 2 heterocycles. The molecule has 1 aliphatic heterocycles. The maximum Gasteiger partial charge on any atom is 0.254 e. The summed E-state index contributed by atoms with van der Waals surface area (Å²) in [6.07, 6.45) is 0.802. The van der Waals surface area contributed by atoms with E-state index in [1.165, 1.54) is 6.07 Å². The van der Waals surface area contributed by atoms with E-state index in [0.717, 1.165) is 16.3 Å². The summed E-state index contributed by atoms with van der Waals surface area (Å²) < 4.78 is 0.865. The zero-order valence-electron chi connectivity index (χ0n) is 10.7. The van der Waals surface area contributed by atoms with E-state index >= 15 is 0 Å². The minimum atomic E-state index is -0.272. The van der Waals surface area contributed by atoms with Gasteiger partial charge in [-0.1, -0.05) is 15.9 Å². The topological polar surface area (TPSA) is 79.2 Å². The number of amides is 1. The highest BCUT2D eigenvalue weighted by atomic mass is 79.9. The standard InChI is InChI=1S/C14H14BrN3O2/c15-8-1-2-12-10(5-8)11(6-13(19)17-12)14(20)18-4-3-9(16)7-18/h1-2,5-6,9H,3-4,7,16H2,(H,17,19)/t9-/m1/s1. The van der Waals surface area contributed by atoms with Gasteiger partial charge in [0.15, 0.2) is 0 Å². The minimum absolute atomic E-state index is 0.0268. The van der Waals surface area contributed by atoms with Gasteiger partial charge in [-0.25, -0.2) is 0 Å². The Balaban J connectivity index is 2.12. The van der Waals surface area contributed by atoms with Crippen LogP contribution in [-0.4, -0.2) is 34.9 Å². The van der Waals surface area contributed by atoms with Gasteiger partial charge < -0.3 is 15.6 Å². The van der Waals surface area contributed by atoms with E-state index in [9.17, 15) is 9.59 Å². The van der Waals surface area contributed by atoms with Crippen molar-refractivity contribution >= 4 is 32.7 Å². The first-order valence-corrected chi connectivity index (χ1v) is 7.21. The number of likely N-dealkylation sites (tertiary alicyclic amines) is 1. The molecule has 6 heteroatoms. The van der Waals surface area contributed by atoms with Crippen molar-refractivity contribution in [2.75, 3.05) is 13.1 Å². The fourth-order valence-corrected chi connectivity index (χ4v) is 2.91. The highest BCUT2D eigenvalue weighted by molar-refractivity contribution is 9.10. The van der Waals surface area contributed by atoms with Crippen molar-refractivity contribution in [1.29, 1.82) is 0 Å². The number of aromatic amines is 1. The number of nitrogens with zero attached hydrogens (tertiary/aromatic N) is 1. The molecule has 1 saturated heterocycles. The molecule has 3 N–H and O–H groups in total. The normalized spacial score (nSPS) is 18.7. The van der Waals surface area contributed by atoms with Crippen LogP contribution in [0.5, 0.6) is 0 Å². The van der Waals surface area contributed by atoms with Crippen LogP contribution in [-0.2, 0) is 0 Å². The average Bonchev–Trinajstić information content (AvgIpc) is 2.84. The van der Waals surface area contributed by atoms with Crippen molar-refractivity contribution in [2.24, 2.45) is 5.73 Å². The van der Waals surface area contributed by atoms with Crippen LogP contribution in [0.2, 0.25) is 0 Å². The third kappa shape index (κ3) is 2.36. The number of carbonyl (C=O) groups excluding carboxylic acids is 1. The third-order valence-electron chi connectivity index (χ3n) is 3.55. The van der Waals surface area contributed by atoms with Crippen LogP contribution in [0.25, 0.3) is 10.9 Å². The molecule has 0 saturated carbocycles. The Bertz CT molecular complexity index is 741. The second-order valence-electron chi connectivity index (χ2n) is 5.04. The van der Waals surface area contributed by atoms with E-state index in [4.69, 9.17) is 5.73 Å². The predicted molar refractivity (Wildman–Crippen MR) is 80.8 cm³/mol. The van der Waals surface area contributed by atoms with E-state index < -0.39 is 0 Å². The molecule has 104 valence electrons. The largest absolute Gasteiger partial charge is 0.337 e. The Morgan fingerprint density at radius 3 is 2.90 bits per heavy atom. The van der Waals surface area contributed by atoms with Gasteiger partial charge in [0.2, 0.25) is 5.56 Å². The molecular formula is C14H14BrN3O2. The van der Waals surface area contributed by atoms with Crippen LogP contribution in [0.15, 0.2) is 33.5 Å². The van der Waals surface area contributed by atoms with Crippen LogP contribution in [0.3, 0.4) is 0 Å². The lowest BCUT2D eigenvalue weighted by atomic mass is 10.1. The molecule has 5 nitrogen and oxygen atoms in total. The van der Waals surface area contributed by atoms with Gasteiger partial charge in [-0.05, 0) is 24.6 Å². The number of carbonyl (C=O) groups is 1. The van der Waals surface area contributed by atoms with Crippen LogP contribution >= 0.6 is 15.9 Å². The molecule has 0 spiro atoms. The Kier molecular flexibility index (Phi) is 3.35. The van der Waals surface area contributed by atoms with Crippen LogP contribution < -0.4 is 11.3 Å².